The van der Waals surface area contributed by atoms with Crippen LogP contribution in [0.3, 0.4) is 0 Å². The zero-order valence-electron chi connectivity index (χ0n) is 16.0. The predicted molar refractivity (Wildman–Crippen MR) is 103 cm³/mol. The molecule has 0 unspecified atom stereocenters. The molecule has 1 aliphatic rings. The lowest BCUT2D eigenvalue weighted by atomic mass is 9.98. The zero-order chi connectivity index (χ0) is 18.7. The Kier molecular flexibility index (Phi) is 5.58. The molecule has 2 aromatic rings. The molecule has 2 heterocycles. The van der Waals surface area contributed by atoms with Gasteiger partial charge >= 0.3 is 0 Å². The van der Waals surface area contributed by atoms with Gasteiger partial charge < -0.3 is 10.1 Å². The van der Waals surface area contributed by atoms with Crippen LogP contribution in [0.2, 0.25) is 0 Å². The maximum absolute atomic E-state index is 12.1. The average molecular weight is 355 g/mol. The number of hydrogen-bond acceptors (Lipinski definition) is 4. The van der Waals surface area contributed by atoms with Gasteiger partial charge in [-0.15, -0.1) is 0 Å². The van der Waals surface area contributed by atoms with E-state index in [1.54, 1.807) is 0 Å². The second-order valence-electron chi connectivity index (χ2n) is 7.98. The summed E-state index contributed by atoms with van der Waals surface area (Å²) >= 11 is 0. The molecule has 0 saturated carbocycles. The molecule has 0 aliphatic carbocycles. The van der Waals surface area contributed by atoms with E-state index in [1.165, 1.54) is 11.1 Å². The molecular formula is C21H29N3O2. The molecule has 26 heavy (non-hydrogen) atoms. The highest BCUT2D eigenvalue weighted by Gasteiger charge is 2.18. The molecule has 1 aliphatic heterocycles. The lowest BCUT2D eigenvalue weighted by Crippen LogP contribution is -2.26. The summed E-state index contributed by atoms with van der Waals surface area (Å²) < 4.78 is 0. The standard InChI is InChI=1S/C21H29N3O2/c1-15-22-19-10-13-24(12-9-18(19)20(25)23-15)14-17-6-4-16(5-7-17)8-11-21(2,3)26/h4-7,26H,8-14H2,1-3H3,(H,22,23,25). The summed E-state index contributed by atoms with van der Waals surface area (Å²) in [6, 6.07) is 8.66. The third kappa shape index (κ3) is 5.02. The second-order valence-corrected chi connectivity index (χ2v) is 7.98. The van der Waals surface area contributed by atoms with Crippen LogP contribution in [-0.2, 0) is 25.8 Å². The van der Waals surface area contributed by atoms with E-state index in [1.807, 2.05) is 20.8 Å². The Morgan fingerprint density at radius 2 is 1.81 bits per heavy atom. The largest absolute Gasteiger partial charge is 0.390 e. The minimum Gasteiger partial charge on any atom is -0.390 e. The van der Waals surface area contributed by atoms with E-state index >= 15 is 0 Å². The Morgan fingerprint density at radius 1 is 1.15 bits per heavy atom. The van der Waals surface area contributed by atoms with Gasteiger partial charge in [0.25, 0.3) is 5.56 Å². The molecule has 2 N–H and O–H groups in total. The summed E-state index contributed by atoms with van der Waals surface area (Å²) in [4.78, 5) is 21.9. The number of benzene rings is 1. The maximum Gasteiger partial charge on any atom is 0.254 e. The van der Waals surface area contributed by atoms with E-state index in [0.717, 1.165) is 56.6 Å². The van der Waals surface area contributed by atoms with Crippen LogP contribution in [0, 0.1) is 6.92 Å². The lowest BCUT2D eigenvalue weighted by molar-refractivity contribution is 0.0714. The van der Waals surface area contributed by atoms with Gasteiger partial charge in [0.05, 0.1) is 11.3 Å². The topological polar surface area (TPSA) is 69.2 Å². The first kappa shape index (κ1) is 18.8. The SMILES string of the molecule is Cc1nc2c(c(=O)[nH]1)CCN(Cc1ccc(CCC(C)(C)O)cc1)CC2. The van der Waals surface area contributed by atoms with E-state index in [2.05, 4.69) is 39.1 Å². The molecular weight excluding hydrogens is 326 g/mol. The van der Waals surface area contributed by atoms with Gasteiger partial charge in [-0.05, 0) is 51.2 Å². The molecule has 0 amide bonds. The Labute approximate surface area is 155 Å². The second kappa shape index (κ2) is 7.72. The highest BCUT2D eigenvalue weighted by atomic mass is 16.3. The molecule has 3 rings (SSSR count). The summed E-state index contributed by atoms with van der Waals surface area (Å²) in [6.45, 7) is 8.21. The van der Waals surface area contributed by atoms with Gasteiger partial charge in [0.2, 0.25) is 0 Å². The zero-order valence-corrected chi connectivity index (χ0v) is 16.0. The van der Waals surface area contributed by atoms with Crippen molar-refractivity contribution in [2.24, 2.45) is 0 Å². The molecule has 0 spiro atoms. The van der Waals surface area contributed by atoms with Crippen molar-refractivity contribution in [3.63, 3.8) is 0 Å². The van der Waals surface area contributed by atoms with Crippen LogP contribution in [0.5, 0.6) is 0 Å². The Hall–Kier alpha value is -1.98. The predicted octanol–water partition coefficient (Wildman–Crippen LogP) is 2.38. The van der Waals surface area contributed by atoms with E-state index in [4.69, 9.17) is 0 Å². The van der Waals surface area contributed by atoms with Crippen molar-refractivity contribution in [2.75, 3.05) is 13.1 Å². The van der Waals surface area contributed by atoms with Gasteiger partial charge in [-0.2, -0.15) is 0 Å². The number of nitrogens with one attached hydrogen (secondary N) is 1. The smallest absolute Gasteiger partial charge is 0.254 e. The van der Waals surface area contributed by atoms with Crippen molar-refractivity contribution >= 4 is 0 Å². The molecule has 0 radical (unpaired) electrons. The molecule has 140 valence electrons. The van der Waals surface area contributed by atoms with E-state index < -0.39 is 5.60 Å². The fourth-order valence-corrected chi connectivity index (χ4v) is 3.46. The quantitative estimate of drug-likeness (QED) is 0.864. The minimum atomic E-state index is -0.621. The summed E-state index contributed by atoms with van der Waals surface area (Å²) in [5, 5.41) is 9.85. The van der Waals surface area contributed by atoms with Crippen LogP contribution in [0.4, 0.5) is 0 Å². The summed E-state index contributed by atoms with van der Waals surface area (Å²) in [5.41, 5.74) is 3.73. The van der Waals surface area contributed by atoms with Crippen LogP contribution >= 0.6 is 0 Å². The van der Waals surface area contributed by atoms with Crippen molar-refractivity contribution in [2.45, 2.75) is 58.6 Å². The summed E-state index contributed by atoms with van der Waals surface area (Å²) in [5.74, 6) is 0.698. The van der Waals surface area contributed by atoms with Crippen LogP contribution in [-0.4, -0.2) is 38.7 Å². The van der Waals surface area contributed by atoms with Gasteiger partial charge in [-0.1, -0.05) is 24.3 Å². The van der Waals surface area contributed by atoms with E-state index in [0.29, 0.717) is 5.82 Å². The van der Waals surface area contributed by atoms with E-state index in [9.17, 15) is 9.90 Å². The number of fused-ring (bicyclic) bond motifs is 1. The van der Waals surface area contributed by atoms with Crippen molar-refractivity contribution < 1.29 is 5.11 Å². The van der Waals surface area contributed by atoms with Gasteiger partial charge in [-0.25, -0.2) is 4.98 Å². The first-order chi connectivity index (χ1) is 12.3. The van der Waals surface area contributed by atoms with Crippen LogP contribution in [0.15, 0.2) is 29.1 Å². The number of rotatable bonds is 5. The average Bonchev–Trinajstić information content (AvgIpc) is 2.76. The Bertz CT molecular complexity index is 803. The number of H-pyrrole nitrogens is 1. The van der Waals surface area contributed by atoms with Gasteiger partial charge in [0.15, 0.2) is 0 Å². The molecule has 1 aromatic carbocycles. The maximum atomic E-state index is 12.1. The highest BCUT2D eigenvalue weighted by Crippen LogP contribution is 2.16. The lowest BCUT2D eigenvalue weighted by Gasteiger charge is -2.20. The monoisotopic (exact) mass is 355 g/mol. The number of aliphatic hydroxyl groups is 1. The normalized spacial score (nSPS) is 15.5. The number of aromatic amines is 1. The van der Waals surface area contributed by atoms with Crippen molar-refractivity contribution in [3.8, 4) is 0 Å². The molecule has 0 bridgehead atoms. The molecule has 5 heteroatoms. The van der Waals surface area contributed by atoms with Gasteiger partial charge in [0, 0.05) is 31.6 Å². The van der Waals surface area contributed by atoms with E-state index in [-0.39, 0.29) is 5.56 Å². The van der Waals surface area contributed by atoms with Crippen LogP contribution in [0.1, 0.15) is 48.5 Å². The first-order valence-electron chi connectivity index (χ1n) is 9.41. The third-order valence-electron chi connectivity index (χ3n) is 5.02. The summed E-state index contributed by atoms with van der Waals surface area (Å²) in [6.07, 6.45) is 3.22. The Morgan fingerprint density at radius 3 is 2.50 bits per heavy atom. The third-order valence-corrected chi connectivity index (χ3v) is 5.02. The molecule has 0 fully saturated rings. The minimum absolute atomic E-state index is 0.0190. The highest BCUT2D eigenvalue weighted by molar-refractivity contribution is 5.24. The molecule has 0 atom stereocenters. The molecule has 0 saturated heterocycles. The van der Waals surface area contributed by atoms with Crippen molar-refractivity contribution in [3.05, 3.63) is 62.8 Å². The van der Waals surface area contributed by atoms with Gasteiger partial charge in [0.1, 0.15) is 5.82 Å². The van der Waals surface area contributed by atoms with Gasteiger partial charge in [-0.3, -0.25) is 9.69 Å². The molecule has 1 aromatic heterocycles. The number of aryl methyl sites for hydroxylation is 2. The number of hydrogen-bond donors (Lipinski definition) is 2. The first-order valence-corrected chi connectivity index (χ1v) is 9.41. The van der Waals surface area contributed by atoms with Crippen molar-refractivity contribution in [1.82, 2.24) is 14.9 Å². The van der Waals surface area contributed by atoms with Crippen molar-refractivity contribution in [1.29, 1.82) is 0 Å². The summed E-state index contributed by atoms with van der Waals surface area (Å²) in [7, 11) is 0. The Balaban J connectivity index is 1.60. The van der Waals surface area contributed by atoms with Crippen LogP contribution in [0.25, 0.3) is 0 Å². The van der Waals surface area contributed by atoms with Crippen LogP contribution < -0.4 is 5.56 Å². The fourth-order valence-electron chi connectivity index (χ4n) is 3.46. The number of aromatic nitrogens is 2. The number of nitrogens with zero attached hydrogens (tertiary/aromatic N) is 2. The fraction of sp³-hybridized carbons (Fsp3) is 0.524. The molecule has 5 nitrogen and oxygen atoms in total.